The third kappa shape index (κ3) is 3.34. The van der Waals surface area contributed by atoms with E-state index in [1.165, 1.54) is 23.0 Å². The molecular formula is C17H11FN6O2S. The van der Waals surface area contributed by atoms with E-state index in [9.17, 15) is 12.8 Å². The Labute approximate surface area is 154 Å². The molecule has 0 spiro atoms. The third-order valence-electron chi connectivity index (χ3n) is 3.73. The van der Waals surface area contributed by atoms with E-state index in [-0.39, 0.29) is 5.56 Å². The number of benzene rings is 1. The fourth-order valence-corrected chi connectivity index (χ4v) is 3.33. The number of halogens is 1. The van der Waals surface area contributed by atoms with Crippen molar-refractivity contribution in [3.8, 4) is 12.1 Å². The molecule has 0 fully saturated rings. The number of hydrazone groups is 1. The standard InChI is InChI=1S/C17H11FN6O2S/c1-23(27(25,26)17-7-12(8-19)2-3-15(17)18)21-10-14-11-22-24-5-4-13(9-20)6-16(14)24/h2-7,10-11H,1H3. The Morgan fingerprint density at radius 1 is 1.22 bits per heavy atom. The van der Waals surface area contributed by atoms with Crippen LogP contribution >= 0.6 is 0 Å². The van der Waals surface area contributed by atoms with Gasteiger partial charge in [0.2, 0.25) is 0 Å². The van der Waals surface area contributed by atoms with Crippen molar-refractivity contribution in [1.82, 2.24) is 14.0 Å². The quantitative estimate of drug-likeness (QED) is 0.505. The minimum Gasteiger partial charge on any atom is -0.240 e. The first-order valence-electron chi connectivity index (χ1n) is 7.47. The molecule has 10 heteroatoms. The van der Waals surface area contributed by atoms with Crippen LogP contribution in [-0.2, 0) is 10.0 Å². The van der Waals surface area contributed by atoms with Crippen LogP contribution in [0.1, 0.15) is 16.7 Å². The lowest BCUT2D eigenvalue weighted by atomic mass is 10.2. The zero-order valence-corrected chi connectivity index (χ0v) is 14.7. The van der Waals surface area contributed by atoms with Crippen molar-refractivity contribution in [1.29, 1.82) is 10.5 Å². The lowest BCUT2D eigenvalue weighted by molar-refractivity contribution is 0.482. The van der Waals surface area contributed by atoms with Gasteiger partial charge in [-0.05, 0) is 30.3 Å². The van der Waals surface area contributed by atoms with Crippen molar-refractivity contribution < 1.29 is 12.8 Å². The predicted octanol–water partition coefficient (Wildman–Crippen LogP) is 1.87. The van der Waals surface area contributed by atoms with Crippen molar-refractivity contribution in [2.75, 3.05) is 7.05 Å². The van der Waals surface area contributed by atoms with Gasteiger partial charge in [-0.15, -0.1) is 0 Å². The van der Waals surface area contributed by atoms with Gasteiger partial charge in [-0.2, -0.15) is 33.6 Å². The molecule has 0 atom stereocenters. The lowest BCUT2D eigenvalue weighted by Gasteiger charge is -2.14. The Kier molecular flexibility index (Phi) is 4.59. The fourth-order valence-electron chi connectivity index (χ4n) is 2.29. The summed E-state index contributed by atoms with van der Waals surface area (Å²) in [6.07, 6.45) is 4.29. The van der Waals surface area contributed by atoms with Gasteiger partial charge in [0.1, 0.15) is 10.7 Å². The van der Waals surface area contributed by atoms with Gasteiger partial charge in [0.25, 0.3) is 10.0 Å². The number of fused-ring (bicyclic) bond motifs is 1. The Morgan fingerprint density at radius 2 is 1.93 bits per heavy atom. The molecule has 1 aromatic carbocycles. The van der Waals surface area contributed by atoms with Crippen LogP contribution in [0.25, 0.3) is 5.52 Å². The number of aromatic nitrogens is 2. The number of pyridine rings is 1. The second-order valence-electron chi connectivity index (χ2n) is 5.40. The molecule has 0 amide bonds. The van der Waals surface area contributed by atoms with E-state index in [0.717, 1.165) is 19.2 Å². The van der Waals surface area contributed by atoms with Gasteiger partial charge in [0.05, 0.1) is 41.2 Å². The minimum atomic E-state index is -4.29. The highest BCUT2D eigenvalue weighted by molar-refractivity contribution is 7.89. The van der Waals surface area contributed by atoms with Gasteiger partial charge >= 0.3 is 0 Å². The highest BCUT2D eigenvalue weighted by Crippen LogP contribution is 2.20. The monoisotopic (exact) mass is 382 g/mol. The first-order valence-corrected chi connectivity index (χ1v) is 8.91. The number of nitrogens with zero attached hydrogens (tertiary/aromatic N) is 6. The highest BCUT2D eigenvalue weighted by atomic mass is 32.2. The molecule has 134 valence electrons. The Morgan fingerprint density at radius 3 is 2.63 bits per heavy atom. The van der Waals surface area contributed by atoms with Crippen LogP contribution in [0, 0.1) is 28.5 Å². The number of hydrogen-bond acceptors (Lipinski definition) is 6. The summed E-state index contributed by atoms with van der Waals surface area (Å²) in [6.45, 7) is 0. The molecule has 0 aliphatic heterocycles. The number of rotatable bonds is 4. The van der Waals surface area contributed by atoms with Crippen molar-refractivity contribution in [3.05, 3.63) is 65.2 Å². The fraction of sp³-hybridized carbons (Fsp3) is 0.0588. The summed E-state index contributed by atoms with van der Waals surface area (Å²) in [4.78, 5) is -0.646. The molecule has 27 heavy (non-hydrogen) atoms. The van der Waals surface area contributed by atoms with Gasteiger partial charge in [-0.3, -0.25) is 0 Å². The van der Waals surface area contributed by atoms with Crippen LogP contribution in [0.5, 0.6) is 0 Å². The zero-order chi connectivity index (χ0) is 19.6. The van der Waals surface area contributed by atoms with Crippen LogP contribution in [-0.4, -0.2) is 35.7 Å². The Bertz CT molecular complexity index is 1250. The third-order valence-corrected chi connectivity index (χ3v) is 5.38. The SMILES string of the molecule is CN(N=Cc1cnn2ccc(C#N)cc12)S(=O)(=O)c1cc(C#N)ccc1F. The summed E-state index contributed by atoms with van der Waals surface area (Å²) in [7, 11) is -3.14. The largest absolute Gasteiger partial charge is 0.281 e. The van der Waals surface area contributed by atoms with Crippen molar-refractivity contribution >= 4 is 21.8 Å². The maximum absolute atomic E-state index is 14.0. The van der Waals surface area contributed by atoms with Gasteiger partial charge in [0, 0.05) is 18.8 Å². The number of sulfonamides is 1. The predicted molar refractivity (Wildman–Crippen MR) is 93.6 cm³/mol. The van der Waals surface area contributed by atoms with E-state index in [1.54, 1.807) is 24.4 Å². The van der Waals surface area contributed by atoms with E-state index >= 15 is 0 Å². The van der Waals surface area contributed by atoms with Crippen molar-refractivity contribution in [2.24, 2.45) is 5.10 Å². The molecular weight excluding hydrogens is 371 g/mol. The molecule has 2 aromatic heterocycles. The molecule has 0 saturated heterocycles. The van der Waals surface area contributed by atoms with Crippen LogP contribution in [0.4, 0.5) is 4.39 Å². The van der Waals surface area contributed by atoms with E-state index in [1.807, 2.05) is 6.07 Å². The van der Waals surface area contributed by atoms with Crippen LogP contribution < -0.4 is 0 Å². The zero-order valence-electron chi connectivity index (χ0n) is 13.9. The molecule has 0 saturated carbocycles. The van der Waals surface area contributed by atoms with Crippen molar-refractivity contribution in [3.63, 3.8) is 0 Å². The maximum atomic E-state index is 14.0. The summed E-state index contributed by atoms with van der Waals surface area (Å²) in [5, 5.41) is 25.8. The number of nitriles is 2. The molecule has 8 nitrogen and oxygen atoms in total. The molecule has 3 rings (SSSR count). The average Bonchev–Trinajstić information content (AvgIpc) is 3.08. The Balaban J connectivity index is 1.96. The number of hydrogen-bond donors (Lipinski definition) is 0. The smallest absolute Gasteiger partial charge is 0.240 e. The normalized spacial score (nSPS) is 11.4. The topological polar surface area (TPSA) is 115 Å². The van der Waals surface area contributed by atoms with Crippen LogP contribution in [0.15, 0.2) is 52.7 Å². The summed E-state index contributed by atoms with van der Waals surface area (Å²) in [5.41, 5.74) is 1.45. The van der Waals surface area contributed by atoms with E-state index in [0.29, 0.717) is 21.1 Å². The van der Waals surface area contributed by atoms with Gasteiger partial charge in [-0.25, -0.2) is 8.91 Å². The van der Waals surface area contributed by atoms with E-state index in [2.05, 4.69) is 10.2 Å². The molecule has 0 radical (unpaired) electrons. The lowest BCUT2D eigenvalue weighted by Crippen LogP contribution is -2.23. The van der Waals surface area contributed by atoms with Crippen molar-refractivity contribution in [2.45, 2.75) is 4.90 Å². The highest BCUT2D eigenvalue weighted by Gasteiger charge is 2.24. The van der Waals surface area contributed by atoms with Gasteiger partial charge in [0.15, 0.2) is 0 Å². The molecule has 0 aliphatic rings. The summed E-state index contributed by atoms with van der Waals surface area (Å²) in [6, 6.07) is 9.99. The second kappa shape index (κ2) is 6.86. The molecule has 3 aromatic rings. The molecule has 0 unspecified atom stereocenters. The second-order valence-corrected chi connectivity index (χ2v) is 7.32. The molecule has 2 heterocycles. The first-order chi connectivity index (χ1) is 12.9. The van der Waals surface area contributed by atoms with Crippen LogP contribution in [0.2, 0.25) is 0 Å². The molecule has 0 N–H and O–H groups in total. The maximum Gasteiger partial charge on any atom is 0.281 e. The van der Waals surface area contributed by atoms with E-state index in [4.69, 9.17) is 10.5 Å². The first kappa shape index (κ1) is 18.0. The summed E-state index contributed by atoms with van der Waals surface area (Å²) < 4.78 is 41.2. The van der Waals surface area contributed by atoms with Gasteiger partial charge < -0.3 is 0 Å². The van der Waals surface area contributed by atoms with Gasteiger partial charge in [-0.1, -0.05) is 0 Å². The van der Waals surface area contributed by atoms with E-state index < -0.39 is 20.7 Å². The Hall–Kier alpha value is -3.76. The minimum absolute atomic E-state index is 0.0130. The molecule has 0 bridgehead atoms. The summed E-state index contributed by atoms with van der Waals surface area (Å²) in [5.74, 6) is -0.981. The average molecular weight is 382 g/mol. The van der Waals surface area contributed by atoms with Crippen LogP contribution in [0.3, 0.4) is 0 Å². The molecule has 0 aliphatic carbocycles. The summed E-state index contributed by atoms with van der Waals surface area (Å²) >= 11 is 0.